The number of primary amides is 1. The highest BCUT2D eigenvalue weighted by Gasteiger charge is 2.36. The van der Waals surface area contributed by atoms with Gasteiger partial charge in [-0.3, -0.25) is 10.1 Å². The van der Waals surface area contributed by atoms with E-state index in [9.17, 15) is 9.59 Å². The summed E-state index contributed by atoms with van der Waals surface area (Å²) in [5, 5.41) is 1.97. The molecule has 1 aliphatic rings. The Morgan fingerprint density at radius 2 is 2.29 bits per heavy atom. The van der Waals surface area contributed by atoms with Crippen LogP contribution in [0.5, 0.6) is 0 Å². The molecule has 0 radical (unpaired) electrons. The Hall–Kier alpha value is -1.18. The summed E-state index contributed by atoms with van der Waals surface area (Å²) in [6, 6.07) is -0.896. The number of imide groups is 1. The van der Waals surface area contributed by atoms with Gasteiger partial charge in [0.1, 0.15) is 11.7 Å². The Bertz CT molecular complexity index is 289. The Balaban J connectivity index is 2.55. The summed E-state index contributed by atoms with van der Waals surface area (Å²) in [6.07, 6.45) is 0.770. The number of nitrogens with one attached hydrogen (secondary N) is 1. The standard InChI is InChI=1S/C10H19N3O4/c1-7(8(14)13-9(12)15)17-10(5-11)3-2-4-16-6-10/h7H,2-6,11H2,1H3,(H3,12,13,14,15). The van der Waals surface area contributed by atoms with Crippen LogP contribution in [0.2, 0.25) is 0 Å². The summed E-state index contributed by atoms with van der Waals surface area (Å²) < 4.78 is 10.9. The molecule has 0 spiro atoms. The highest BCUT2D eigenvalue weighted by molar-refractivity contribution is 5.95. The summed E-state index contributed by atoms with van der Waals surface area (Å²) >= 11 is 0. The number of hydrogen-bond acceptors (Lipinski definition) is 5. The number of amides is 3. The minimum absolute atomic E-state index is 0.265. The van der Waals surface area contributed by atoms with E-state index in [0.29, 0.717) is 13.2 Å². The first-order chi connectivity index (χ1) is 7.99. The van der Waals surface area contributed by atoms with Gasteiger partial charge in [0.15, 0.2) is 0 Å². The summed E-state index contributed by atoms with van der Waals surface area (Å²) in [5.74, 6) is -0.573. The highest BCUT2D eigenvalue weighted by Crippen LogP contribution is 2.24. The van der Waals surface area contributed by atoms with Crippen molar-refractivity contribution in [1.29, 1.82) is 0 Å². The summed E-state index contributed by atoms with van der Waals surface area (Å²) in [5.41, 5.74) is 9.87. The molecule has 1 rings (SSSR count). The van der Waals surface area contributed by atoms with Crippen molar-refractivity contribution in [3.63, 3.8) is 0 Å². The molecule has 98 valence electrons. The van der Waals surface area contributed by atoms with Crippen LogP contribution in [0.15, 0.2) is 0 Å². The van der Waals surface area contributed by atoms with E-state index in [1.54, 1.807) is 6.92 Å². The van der Waals surface area contributed by atoms with Crippen molar-refractivity contribution in [3.8, 4) is 0 Å². The minimum atomic E-state index is -0.896. The van der Waals surface area contributed by atoms with Crippen LogP contribution in [-0.4, -0.2) is 43.4 Å². The third-order valence-corrected chi connectivity index (χ3v) is 2.70. The average molecular weight is 245 g/mol. The lowest BCUT2D eigenvalue weighted by Gasteiger charge is -2.37. The van der Waals surface area contributed by atoms with E-state index >= 15 is 0 Å². The van der Waals surface area contributed by atoms with E-state index in [1.807, 2.05) is 5.32 Å². The van der Waals surface area contributed by atoms with Gasteiger partial charge >= 0.3 is 6.03 Å². The normalized spacial score (nSPS) is 26.2. The van der Waals surface area contributed by atoms with Crippen molar-refractivity contribution < 1.29 is 19.1 Å². The molecule has 2 atom stereocenters. The molecule has 5 N–H and O–H groups in total. The van der Waals surface area contributed by atoms with Crippen molar-refractivity contribution in [3.05, 3.63) is 0 Å². The van der Waals surface area contributed by atoms with Gasteiger partial charge in [-0.2, -0.15) is 0 Å². The summed E-state index contributed by atoms with van der Waals surface area (Å²) in [4.78, 5) is 22.0. The van der Waals surface area contributed by atoms with Crippen molar-refractivity contribution in [2.24, 2.45) is 11.5 Å². The third-order valence-electron chi connectivity index (χ3n) is 2.70. The van der Waals surface area contributed by atoms with Gasteiger partial charge in [-0.05, 0) is 19.8 Å². The van der Waals surface area contributed by atoms with Gasteiger partial charge in [0, 0.05) is 13.2 Å². The van der Waals surface area contributed by atoms with Crippen LogP contribution in [0, 0.1) is 0 Å². The zero-order chi connectivity index (χ0) is 12.9. The van der Waals surface area contributed by atoms with Crippen LogP contribution in [0.25, 0.3) is 0 Å². The van der Waals surface area contributed by atoms with E-state index in [-0.39, 0.29) is 6.54 Å². The molecular weight excluding hydrogens is 226 g/mol. The van der Waals surface area contributed by atoms with E-state index in [2.05, 4.69) is 0 Å². The largest absolute Gasteiger partial charge is 0.378 e. The summed E-state index contributed by atoms with van der Waals surface area (Å²) in [7, 11) is 0. The third kappa shape index (κ3) is 3.95. The quantitative estimate of drug-likeness (QED) is 0.593. The van der Waals surface area contributed by atoms with Gasteiger partial charge in [0.2, 0.25) is 0 Å². The Labute approximate surface area is 99.8 Å². The maximum atomic E-state index is 11.5. The van der Waals surface area contributed by atoms with Crippen LogP contribution in [0.1, 0.15) is 19.8 Å². The second-order valence-electron chi connectivity index (χ2n) is 4.16. The van der Waals surface area contributed by atoms with Crippen LogP contribution in [-0.2, 0) is 14.3 Å². The number of nitrogens with two attached hydrogens (primary N) is 2. The number of rotatable bonds is 4. The van der Waals surface area contributed by atoms with Gasteiger partial charge in [-0.1, -0.05) is 0 Å². The number of ether oxygens (including phenoxy) is 2. The molecule has 0 aromatic rings. The smallest absolute Gasteiger partial charge is 0.318 e. The predicted molar refractivity (Wildman–Crippen MR) is 60.1 cm³/mol. The Kier molecular flexibility index (Phi) is 4.86. The van der Waals surface area contributed by atoms with Crippen molar-refractivity contribution in [1.82, 2.24) is 5.32 Å². The maximum Gasteiger partial charge on any atom is 0.318 e. The van der Waals surface area contributed by atoms with Crippen LogP contribution < -0.4 is 16.8 Å². The molecule has 0 aromatic heterocycles. The van der Waals surface area contributed by atoms with E-state index < -0.39 is 23.6 Å². The average Bonchev–Trinajstić information content (AvgIpc) is 2.29. The number of carbonyl (C=O) groups excluding carboxylic acids is 2. The summed E-state index contributed by atoms with van der Waals surface area (Å²) in [6.45, 7) is 2.84. The fraction of sp³-hybridized carbons (Fsp3) is 0.800. The lowest BCUT2D eigenvalue weighted by molar-refractivity contribution is -0.164. The van der Waals surface area contributed by atoms with Gasteiger partial charge in [0.05, 0.1) is 6.61 Å². The van der Waals surface area contributed by atoms with Gasteiger partial charge in [-0.25, -0.2) is 4.79 Å². The molecule has 1 aliphatic heterocycles. The van der Waals surface area contributed by atoms with Crippen LogP contribution in [0.4, 0.5) is 4.79 Å². The van der Waals surface area contributed by atoms with Crippen LogP contribution >= 0.6 is 0 Å². The molecule has 0 bridgehead atoms. The molecule has 3 amide bonds. The van der Waals surface area contributed by atoms with Gasteiger partial charge < -0.3 is 20.9 Å². The van der Waals surface area contributed by atoms with Gasteiger partial charge in [0.25, 0.3) is 5.91 Å². The lowest BCUT2D eigenvalue weighted by atomic mass is 9.96. The molecule has 2 unspecified atom stereocenters. The molecule has 0 saturated carbocycles. The fourth-order valence-corrected chi connectivity index (χ4v) is 1.78. The van der Waals surface area contributed by atoms with Gasteiger partial charge in [-0.15, -0.1) is 0 Å². The Morgan fingerprint density at radius 3 is 2.76 bits per heavy atom. The number of urea groups is 1. The first-order valence-electron chi connectivity index (χ1n) is 5.55. The van der Waals surface area contributed by atoms with Crippen molar-refractivity contribution in [2.75, 3.05) is 19.8 Å². The predicted octanol–water partition coefficient (Wildman–Crippen LogP) is -0.906. The van der Waals surface area contributed by atoms with E-state index in [0.717, 1.165) is 12.8 Å². The SMILES string of the molecule is CC(OC1(CN)CCCOC1)C(=O)NC(N)=O. The van der Waals surface area contributed by atoms with E-state index in [1.165, 1.54) is 0 Å². The Morgan fingerprint density at radius 1 is 1.59 bits per heavy atom. The zero-order valence-electron chi connectivity index (χ0n) is 9.90. The lowest BCUT2D eigenvalue weighted by Crippen LogP contribution is -2.52. The molecular formula is C10H19N3O4. The molecule has 1 fully saturated rings. The second-order valence-corrected chi connectivity index (χ2v) is 4.16. The molecule has 1 saturated heterocycles. The molecule has 7 nitrogen and oxygen atoms in total. The molecule has 17 heavy (non-hydrogen) atoms. The zero-order valence-corrected chi connectivity index (χ0v) is 9.90. The maximum absolute atomic E-state index is 11.5. The highest BCUT2D eigenvalue weighted by atomic mass is 16.6. The topological polar surface area (TPSA) is 117 Å². The molecule has 0 aliphatic carbocycles. The monoisotopic (exact) mass is 245 g/mol. The molecule has 7 heteroatoms. The first-order valence-corrected chi connectivity index (χ1v) is 5.55. The first kappa shape index (κ1) is 13.9. The van der Waals surface area contributed by atoms with Crippen molar-refractivity contribution in [2.45, 2.75) is 31.5 Å². The van der Waals surface area contributed by atoms with Crippen molar-refractivity contribution >= 4 is 11.9 Å². The minimum Gasteiger partial charge on any atom is -0.378 e. The second kappa shape index (κ2) is 5.95. The molecule has 0 aromatic carbocycles. The number of hydrogen-bond donors (Lipinski definition) is 3. The fourth-order valence-electron chi connectivity index (χ4n) is 1.78. The molecule has 1 heterocycles. The van der Waals surface area contributed by atoms with Crippen LogP contribution in [0.3, 0.4) is 0 Å². The number of carbonyl (C=O) groups is 2. The van der Waals surface area contributed by atoms with E-state index in [4.69, 9.17) is 20.9 Å².